The molecule has 0 saturated carbocycles. The molecule has 3 heterocycles. The number of fused-ring (bicyclic) bond motifs is 1. The van der Waals surface area contributed by atoms with Crippen LogP contribution in [-0.2, 0) is 6.54 Å². The van der Waals surface area contributed by atoms with Crippen molar-refractivity contribution in [1.82, 2.24) is 19.7 Å². The SMILES string of the molecule is Cc1nnc(N2CCN(c3ccc4c(=O)n(CCO)cnc4c3)CC2)s1. The maximum absolute atomic E-state index is 12.4. The van der Waals surface area contributed by atoms with Crippen LogP contribution in [0.15, 0.2) is 29.3 Å². The fraction of sp³-hybridized carbons (Fsp3) is 0.412. The van der Waals surface area contributed by atoms with E-state index in [-0.39, 0.29) is 18.7 Å². The Balaban J connectivity index is 1.52. The van der Waals surface area contributed by atoms with Gasteiger partial charge in [0.05, 0.1) is 30.4 Å². The van der Waals surface area contributed by atoms with Gasteiger partial charge in [-0.1, -0.05) is 11.3 Å². The Labute approximate surface area is 154 Å². The highest BCUT2D eigenvalue weighted by Gasteiger charge is 2.20. The molecule has 0 unspecified atom stereocenters. The maximum atomic E-state index is 12.4. The lowest BCUT2D eigenvalue weighted by atomic mass is 10.2. The van der Waals surface area contributed by atoms with Gasteiger partial charge in [0, 0.05) is 31.9 Å². The summed E-state index contributed by atoms with van der Waals surface area (Å²) in [6.07, 6.45) is 1.50. The highest BCUT2D eigenvalue weighted by atomic mass is 32.1. The van der Waals surface area contributed by atoms with Gasteiger partial charge in [0.15, 0.2) is 0 Å². The molecule has 1 aliphatic rings. The molecule has 0 amide bonds. The summed E-state index contributed by atoms with van der Waals surface area (Å²) in [6, 6.07) is 5.76. The Bertz CT molecular complexity index is 977. The first-order valence-electron chi connectivity index (χ1n) is 8.56. The van der Waals surface area contributed by atoms with Crippen LogP contribution in [0.2, 0.25) is 0 Å². The van der Waals surface area contributed by atoms with Crippen LogP contribution in [0.1, 0.15) is 5.01 Å². The monoisotopic (exact) mass is 372 g/mol. The standard InChI is InChI=1S/C17H20N6O2S/c1-12-19-20-17(26-12)22-6-4-21(5-7-22)13-2-3-14-15(10-13)18-11-23(8-9-24)16(14)25/h2-3,10-11,24H,4-9H2,1H3. The summed E-state index contributed by atoms with van der Waals surface area (Å²) >= 11 is 1.62. The number of nitrogens with zero attached hydrogens (tertiary/aromatic N) is 6. The molecule has 26 heavy (non-hydrogen) atoms. The zero-order chi connectivity index (χ0) is 18.1. The molecule has 1 fully saturated rings. The van der Waals surface area contributed by atoms with Crippen molar-refractivity contribution in [2.75, 3.05) is 42.6 Å². The Morgan fingerprint density at radius 3 is 2.62 bits per heavy atom. The molecule has 0 aliphatic carbocycles. The van der Waals surface area contributed by atoms with Gasteiger partial charge in [-0.25, -0.2) is 4.98 Å². The van der Waals surface area contributed by atoms with E-state index in [9.17, 15) is 4.79 Å². The molecule has 8 nitrogen and oxygen atoms in total. The van der Waals surface area contributed by atoms with Crippen molar-refractivity contribution in [2.24, 2.45) is 0 Å². The molecular weight excluding hydrogens is 352 g/mol. The van der Waals surface area contributed by atoms with Crippen molar-refractivity contribution >= 4 is 33.1 Å². The summed E-state index contributed by atoms with van der Waals surface area (Å²) in [7, 11) is 0. The number of rotatable bonds is 4. The second-order valence-electron chi connectivity index (χ2n) is 6.25. The quantitative estimate of drug-likeness (QED) is 0.727. The minimum absolute atomic E-state index is 0.0798. The van der Waals surface area contributed by atoms with E-state index >= 15 is 0 Å². The van der Waals surface area contributed by atoms with E-state index in [0.717, 1.165) is 42.0 Å². The van der Waals surface area contributed by atoms with Crippen LogP contribution in [0, 0.1) is 6.92 Å². The predicted molar refractivity (Wildman–Crippen MR) is 102 cm³/mol. The van der Waals surface area contributed by atoms with E-state index in [1.165, 1.54) is 10.9 Å². The van der Waals surface area contributed by atoms with Crippen molar-refractivity contribution in [1.29, 1.82) is 0 Å². The minimum atomic E-state index is -0.118. The molecule has 4 rings (SSSR count). The number of hydrogen-bond acceptors (Lipinski definition) is 8. The molecule has 9 heteroatoms. The van der Waals surface area contributed by atoms with Crippen molar-refractivity contribution in [3.8, 4) is 0 Å². The smallest absolute Gasteiger partial charge is 0.261 e. The fourth-order valence-corrected chi connectivity index (χ4v) is 3.92. The minimum Gasteiger partial charge on any atom is -0.395 e. The van der Waals surface area contributed by atoms with Crippen LogP contribution in [0.4, 0.5) is 10.8 Å². The topological polar surface area (TPSA) is 87.4 Å². The van der Waals surface area contributed by atoms with Crippen LogP contribution in [0.25, 0.3) is 10.9 Å². The van der Waals surface area contributed by atoms with E-state index < -0.39 is 0 Å². The normalized spacial score (nSPS) is 15.0. The summed E-state index contributed by atoms with van der Waals surface area (Å²) in [5.74, 6) is 0. The number of hydrogen-bond donors (Lipinski definition) is 1. The number of piperazine rings is 1. The average molecular weight is 372 g/mol. The van der Waals surface area contributed by atoms with Crippen LogP contribution < -0.4 is 15.4 Å². The van der Waals surface area contributed by atoms with Crippen LogP contribution in [0.5, 0.6) is 0 Å². The van der Waals surface area contributed by atoms with E-state index in [4.69, 9.17) is 5.11 Å². The van der Waals surface area contributed by atoms with E-state index in [1.807, 2.05) is 25.1 Å². The third-order valence-electron chi connectivity index (χ3n) is 4.58. The van der Waals surface area contributed by atoms with Crippen molar-refractivity contribution < 1.29 is 5.11 Å². The van der Waals surface area contributed by atoms with Crippen LogP contribution >= 0.6 is 11.3 Å². The van der Waals surface area contributed by atoms with Gasteiger partial charge < -0.3 is 14.9 Å². The Morgan fingerprint density at radius 2 is 1.92 bits per heavy atom. The van der Waals surface area contributed by atoms with Crippen molar-refractivity contribution in [2.45, 2.75) is 13.5 Å². The van der Waals surface area contributed by atoms with Crippen LogP contribution in [-0.4, -0.2) is 57.6 Å². The summed E-state index contributed by atoms with van der Waals surface area (Å²) < 4.78 is 1.44. The van der Waals surface area contributed by atoms with Crippen LogP contribution in [0.3, 0.4) is 0 Å². The molecule has 1 N–H and O–H groups in total. The van der Waals surface area contributed by atoms with E-state index in [2.05, 4.69) is 25.0 Å². The van der Waals surface area contributed by atoms with Gasteiger partial charge in [-0.05, 0) is 25.1 Å². The molecular formula is C17H20N6O2S. The highest BCUT2D eigenvalue weighted by molar-refractivity contribution is 7.15. The number of aryl methyl sites for hydroxylation is 1. The predicted octanol–water partition coefficient (Wildman–Crippen LogP) is 0.875. The third kappa shape index (κ3) is 3.15. The molecule has 0 radical (unpaired) electrons. The highest BCUT2D eigenvalue weighted by Crippen LogP contribution is 2.24. The molecule has 136 valence electrons. The largest absolute Gasteiger partial charge is 0.395 e. The lowest BCUT2D eigenvalue weighted by Gasteiger charge is -2.35. The summed E-state index contributed by atoms with van der Waals surface area (Å²) in [5.41, 5.74) is 1.63. The van der Waals surface area contributed by atoms with Crippen molar-refractivity contribution in [3.05, 3.63) is 39.9 Å². The first-order valence-corrected chi connectivity index (χ1v) is 9.37. The number of anilines is 2. The second kappa shape index (κ2) is 7.00. The van der Waals surface area contributed by atoms with Crippen molar-refractivity contribution in [3.63, 3.8) is 0 Å². The average Bonchev–Trinajstić information content (AvgIpc) is 3.10. The molecule has 1 saturated heterocycles. The Kier molecular flexibility index (Phi) is 4.56. The summed E-state index contributed by atoms with van der Waals surface area (Å²) in [6.45, 7) is 5.68. The van der Waals surface area contributed by atoms with Gasteiger partial charge in [-0.15, -0.1) is 10.2 Å². The molecule has 0 bridgehead atoms. The van der Waals surface area contributed by atoms with Gasteiger partial charge in [0.1, 0.15) is 5.01 Å². The molecule has 0 atom stereocenters. The second-order valence-corrected chi connectivity index (χ2v) is 7.41. The molecule has 0 spiro atoms. The number of aromatic nitrogens is 4. The van der Waals surface area contributed by atoms with E-state index in [1.54, 1.807) is 11.3 Å². The zero-order valence-corrected chi connectivity index (χ0v) is 15.3. The molecule has 1 aromatic carbocycles. The van der Waals surface area contributed by atoms with Gasteiger partial charge in [0.25, 0.3) is 5.56 Å². The first-order chi connectivity index (χ1) is 12.7. The number of aliphatic hydroxyl groups excluding tert-OH is 1. The molecule has 1 aliphatic heterocycles. The first kappa shape index (κ1) is 16.9. The maximum Gasteiger partial charge on any atom is 0.261 e. The fourth-order valence-electron chi connectivity index (χ4n) is 3.18. The van der Waals surface area contributed by atoms with Gasteiger partial charge in [-0.2, -0.15) is 0 Å². The number of benzene rings is 1. The molecule has 3 aromatic rings. The Morgan fingerprint density at radius 1 is 1.15 bits per heavy atom. The van der Waals surface area contributed by atoms with Gasteiger partial charge in [-0.3, -0.25) is 9.36 Å². The summed E-state index contributed by atoms with van der Waals surface area (Å²) in [5, 5.41) is 19.9. The lowest BCUT2D eigenvalue weighted by molar-refractivity contribution is 0.274. The van der Waals surface area contributed by atoms with Gasteiger partial charge in [0.2, 0.25) is 5.13 Å². The third-order valence-corrected chi connectivity index (χ3v) is 5.48. The lowest BCUT2D eigenvalue weighted by Crippen LogP contribution is -2.46. The Hall–Kier alpha value is -2.52. The van der Waals surface area contributed by atoms with Gasteiger partial charge >= 0.3 is 0 Å². The zero-order valence-electron chi connectivity index (χ0n) is 14.5. The molecule has 2 aromatic heterocycles. The summed E-state index contributed by atoms with van der Waals surface area (Å²) in [4.78, 5) is 21.3. The number of aliphatic hydroxyl groups is 1. The van der Waals surface area contributed by atoms with E-state index in [0.29, 0.717) is 10.9 Å².